The van der Waals surface area contributed by atoms with Crippen molar-refractivity contribution in [1.29, 1.82) is 0 Å². The lowest BCUT2D eigenvalue weighted by Gasteiger charge is -2.10. The van der Waals surface area contributed by atoms with E-state index in [0.29, 0.717) is 12.2 Å². The van der Waals surface area contributed by atoms with Gasteiger partial charge in [0.2, 0.25) is 0 Å². The zero-order valence-electron chi connectivity index (χ0n) is 8.92. The zero-order chi connectivity index (χ0) is 11.7. The highest BCUT2D eigenvalue weighted by molar-refractivity contribution is 5.84. The first-order valence-electron chi connectivity index (χ1n) is 5.14. The minimum Gasteiger partial charge on any atom is -0.479 e. The maximum Gasteiger partial charge on any atom is 0.338 e. The predicted molar refractivity (Wildman–Crippen MR) is 60.2 cm³/mol. The summed E-state index contributed by atoms with van der Waals surface area (Å²) in [5.74, 6) is -1.22. The molecular formula is C12H13NO3. The summed E-state index contributed by atoms with van der Waals surface area (Å²) in [4.78, 5) is 10.8. The van der Waals surface area contributed by atoms with Crippen molar-refractivity contribution < 1.29 is 15.0 Å². The van der Waals surface area contributed by atoms with E-state index in [1.807, 2.05) is 35.8 Å². The molecule has 0 aliphatic rings. The molecule has 2 rings (SSSR count). The van der Waals surface area contributed by atoms with E-state index in [4.69, 9.17) is 5.11 Å². The van der Waals surface area contributed by atoms with E-state index < -0.39 is 12.1 Å². The van der Waals surface area contributed by atoms with Crippen LogP contribution in [0.15, 0.2) is 30.3 Å². The molecule has 4 nitrogen and oxygen atoms in total. The molecule has 2 aromatic rings. The third kappa shape index (κ3) is 1.57. The zero-order valence-corrected chi connectivity index (χ0v) is 8.92. The van der Waals surface area contributed by atoms with Crippen molar-refractivity contribution in [3.05, 3.63) is 36.0 Å². The predicted octanol–water partition coefficient (Wildman–Crippen LogP) is 1.78. The third-order valence-corrected chi connectivity index (χ3v) is 2.67. The molecule has 1 heterocycles. The van der Waals surface area contributed by atoms with Gasteiger partial charge in [-0.05, 0) is 24.4 Å². The number of nitrogens with zero attached hydrogens (tertiary/aromatic N) is 1. The fraction of sp³-hybridized carbons (Fsp3) is 0.250. The molecule has 0 aliphatic carbocycles. The fourth-order valence-corrected chi connectivity index (χ4v) is 1.94. The van der Waals surface area contributed by atoms with Crippen LogP contribution in [-0.2, 0) is 11.3 Å². The van der Waals surface area contributed by atoms with Crippen LogP contribution in [0.4, 0.5) is 0 Å². The Hall–Kier alpha value is -1.81. The number of aryl methyl sites for hydroxylation is 1. The molecule has 16 heavy (non-hydrogen) atoms. The summed E-state index contributed by atoms with van der Waals surface area (Å²) >= 11 is 0. The summed E-state index contributed by atoms with van der Waals surface area (Å²) in [6, 6.07) is 9.32. The number of hydrogen-bond acceptors (Lipinski definition) is 2. The molecule has 0 saturated heterocycles. The smallest absolute Gasteiger partial charge is 0.338 e. The highest BCUT2D eigenvalue weighted by atomic mass is 16.4. The number of rotatable bonds is 3. The lowest BCUT2D eigenvalue weighted by atomic mass is 10.2. The second kappa shape index (κ2) is 3.98. The Morgan fingerprint density at radius 3 is 2.75 bits per heavy atom. The normalized spacial score (nSPS) is 12.9. The van der Waals surface area contributed by atoms with Crippen molar-refractivity contribution in [2.75, 3.05) is 0 Å². The third-order valence-electron chi connectivity index (χ3n) is 2.67. The van der Waals surface area contributed by atoms with Gasteiger partial charge in [0.1, 0.15) is 0 Å². The average Bonchev–Trinajstić information content (AvgIpc) is 2.65. The molecular weight excluding hydrogens is 206 g/mol. The molecule has 0 amide bonds. The summed E-state index contributed by atoms with van der Waals surface area (Å²) in [7, 11) is 0. The Morgan fingerprint density at radius 2 is 2.12 bits per heavy atom. The van der Waals surface area contributed by atoms with Crippen LogP contribution in [-0.4, -0.2) is 20.7 Å². The molecule has 0 saturated carbocycles. The van der Waals surface area contributed by atoms with Crippen LogP contribution >= 0.6 is 0 Å². The summed E-state index contributed by atoms with van der Waals surface area (Å²) in [5, 5.41) is 19.4. The van der Waals surface area contributed by atoms with Crippen LogP contribution in [0.2, 0.25) is 0 Å². The monoisotopic (exact) mass is 219 g/mol. The summed E-state index contributed by atoms with van der Waals surface area (Å²) in [6.45, 7) is 2.55. The van der Waals surface area contributed by atoms with Gasteiger partial charge < -0.3 is 14.8 Å². The van der Waals surface area contributed by atoms with Crippen LogP contribution in [0, 0.1) is 0 Å². The number of fused-ring (bicyclic) bond motifs is 1. The highest BCUT2D eigenvalue weighted by Gasteiger charge is 2.21. The van der Waals surface area contributed by atoms with E-state index in [-0.39, 0.29) is 0 Å². The number of aliphatic hydroxyl groups is 1. The number of hydrogen-bond donors (Lipinski definition) is 2. The lowest BCUT2D eigenvalue weighted by Crippen LogP contribution is -2.14. The number of aromatic nitrogens is 1. The van der Waals surface area contributed by atoms with E-state index >= 15 is 0 Å². The van der Waals surface area contributed by atoms with E-state index in [1.165, 1.54) is 0 Å². The number of carboxylic acids is 1. The molecule has 0 fully saturated rings. The van der Waals surface area contributed by atoms with Crippen LogP contribution in [0.1, 0.15) is 18.7 Å². The van der Waals surface area contributed by atoms with Crippen molar-refractivity contribution in [3.8, 4) is 0 Å². The van der Waals surface area contributed by atoms with E-state index in [9.17, 15) is 9.90 Å². The minimum atomic E-state index is -1.47. The molecule has 2 N–H and O–H groups in total. The van der Waals surface area contributed by atoms with Crippen molar-refractivity contribution in [2.24, 2.45) is 0 Å². The van der Waals surface area contributed by atoms with Gasteiger partial charge in [0, 0.05) is 12.1 Å². The van der Waals surface area contributed by atoms with Gasteiger partial charge in [0.25, 0.3) is 0 Å². The second-order valence-corrected chi connectivity index (χ2v) is 3.61. The Labute approximate surface area is 92.7 Å². The molecule has 0 spiro atoms. The molecule has 0 radical (unpaired) electrons. The second-order valence-electron chi connectivity index (χ2n) is 3.61. The Kier molecular flexibility index (Phi) is 2.66. The average molecular weight is 219 g/mol. The van der Waals surface area contributed by atoms with Gasteiger partial charge >= 0.3 is 5.97 Å². The molecule has 4 heteroatoms. The quantitative estimate of drug-likeness (QED) is 0.827. The lowest BCUT2D eigenvalue weighted by molar-refractivity contribution is -0.147. The fourth-order valence-electron chi connectivity index (χ4n) is 1.94. The number of para-hydroxylation sites is 1. The first-order chi connectivity index (χ1) is 7.65. The Bertz CT molecular complexity index is 530. The van der Waals surface area contributed by atoms with Crippen LogP contribution in [0.3, 0.4) is 0 Å². The molecule has 1 aromatic carbocycles. The number of aliphatic hydroxyl groups excluding tert-OH is 1. The van der Waals surface area contributed by atoms with Gasteiger partial charge in [-0.3, -0.25) is 0 Å². The van der Waals surface area contributed by atoms with E-state index in [1.54, 1.807) is 6.07 Å². The first-order valence-corrected chi connectivity index (χ1v) is 5.14. The summed E-state index contributed by atoms with van der Waals surface area (Å²) < 4.78 is 1.81. The molecule has 1 atom stereocenters. The summed E-state index contributed by atoms with van der Waals surface area (Å²) in [6.07, 6.45) is -1.47. The molecule has 1 unspecified atom stereocenters. The largest absolute Gasteiger partial charge is 0.479 e. The maximum absolute atomic E-state index is 10.8. The number of aliphatic carboxylic acids is 1. The highest BCUT2D eigenvalue weighted by Crippen LogP contribution is 2.24. The van der Waals surface area contributed by atoms with Crippen molar-refractivity contribution in [2.45, 2.75) is 19.6 Å². The van der Waals surface area contributed by atoms with Gasteiger partial charge in [0.15, 0.2) is 6.10 Å². The van der Waals surface area contributed by atoms with E-state index in [2.05, 4.69) is 0 Å². The van der Waals surface area contributed by atoms with Crippen LogP contribution in [0.5, 0.6) is 0 Å². The number of benzene rings is 1. The van der Waals surface area contributed by atoms with Crippen LogP contribution < -0.4 is 0 Å². The van der Waals surface area contributed by atoms with Crippen LogP contribution in [0.25, 0.3) is 10.9 Å². The molecule has 0 aliphatic heterocycles. The van der Waals surface area contributed by atoms with Crippen molar-refractivity contribution in [3.63, 3.8) is 0 Å². The molecule has 1 aromatic heterocycles. The van der Waals surface area contributed by atoms with Gasteiger partial charge in [-0.25, -0.2) is 4.79 Å². The maximum atomic E-state index is 10.8. The van der Waals surface area contributed by atoms with Gasteiger partial charge in [-0.15, -0.1) is 0 Å². The van der Waals surface area contributed by atoms with E-state index in [0.717, 1.165) is 10.9 Å². The van der Waals surface area contributed by atoms with Crippen molar-refractivity contribution >= 4 is 16.9 Å². The topological polar surface area (TPSA) is 62.5 Å². The SMILES string of the molecule is CCn1c(C(O)C(=O)O)cc2ccccc21. The minimum absolute atomic E-state index is 0.427. The first kappa shape index (κ1) is 10.7. The Morgan fingerprint density at radius 1 is 1.44 bits per heavy atom. The Balaban J connectivity index is 2.65. The standard InChI is InChI=1S/C12H13NO3/c1-2-13-9-6-4-3-5-8(9)7-10(13)11(14)12(15)16/h3-7,11,14H,2H2,1H3,(H,15,16). The van der Waals surface area contributed by atoms with Gasteiger partial charge in [0.05, 0.1) is 5.69 Å². The molecule has 84 valence electrons. The van der Waals surface area contributed by atoms with Crippen molar-refractivity contribution in [1.82, 2.24) is 4.57 Å². The number of carboxylic acid groups (broad SMARTS) is 1. The summed E-state index contributed by atoms with van der Waals surface area (Å²) in [5.41, 5.74) is 1.37. The molecule has 0 bridgehead atoms. The number of carbonyl (C=O) groups is 1. The van der Waals surface area contributed by atoms with Gasteiger partial charge in [-0.1, -0.05) is 18.2 Å². The van der Waals surface area contributed by atoms with Gasteiger partial charge in [-0.2, -0.15) is 0 Å².